The lowest BCUT2D eigenvalue weighted by atomic mass is 9.94. The molecule has 0 saturated heterocycles. The minimum absolute atomic E-state index is 0.240. The Bertz CT molecular complexity index is 1180. The fraction of sp³-hybridized carbons (Fsp3) is 0.269. The first-order chi connectivity index (χ1) is 14.6. The van der Waals surface area contributed by atoms with Crippen LogP contribution in [0.2, 0.25) is 0 Å². The van der Waals surface area contributed by atoms with Crippen molar-refractivity contribution in [2.75, 3.05) is 0 Å². The van der Waals surface area contributed by atoms with E-state index in [0.717, 1.165) is 32.9 Å². The summed E-state index contributed by atoms with van der Waals surface area (Å²) in [5, 5.41) is 5.54. The molecule has 0 radical (unpaired) electrons. The van der Waals surface area contributed by atoms with Crippen molar-refractivity contribution in [2.24, 2.45) is 7.05 Å². The van der Waals surface area contributed by atoms with Crippen LogP contribution in [0.3, 0.4) is 0 Å². The van der Waals surface area contributed by atoms with E-state index in [9.17, 15) is 0 Å². The highest BCUT2D eigenvalue weighted by atomic mass is 79.9. The van der Waals surface area contributed by atoms with Crippen molar-refractivity contribution >= 4 is 26.8 Å². The maximum Gasteiger partial charge on any atom is 0.133 e. The number of aromatic nitrogens is 2. The Labute approximate surface area is 185 Å². The first-order valence-electron chi connectivity index (χ1n) is 10.6. The monoisotopic (exact) mass is 464 g/mol. The van der Waals surface area contributed by atoms with Gasteiger partial charge in [0.1, 0.15) is 11.5 Å². The summed E-state index contributed by atoms with van der Waals surface area (Å²) in [6.07, 6.45) is 5.93. The number of hydrogen-bond acceptors (Lipinski definition) is 1. The van der Waals surface area contributed by atoms with Gasteiger partial charge in [-0.3, -0.25) is 4.68 Å². The normalized spacial score (nSPS) is 11.3. The van der Waals surface area contributed by atoms with Crippen molar-refractivity contribution in [3.8, 4) is 22.4 Å². The van der Waals surface area contributed by atoms with Gasteiger partial charge < -0.3 is 0 Å². The van der Waals surface area contributed by atoms with E-state index in [2.05, 4.69) is 46.2 Å². The predicted octanol–water partition coefficient (Wildman–Crippen LogP) is 7.93. The second kappa shape index (κ2) is 9.13. The molecule has 0 bridgehead atoms. The molecule has 3 aromatic carbocycles. The van der Waals surface area contributed by atoms with Gasteiger partial charge in [0.15, 0.2) is 0 Å². The van der Waals surface area contributed by atoms with E-state index in [1.165, 1.54) is 31.2 Å². The van der Waals surface area contributed by atoms with Crippen molar-refractivity contribution < 1.29 is 4.39 Å². The third-order valence-electron chi connectivity index (χ3n) is 5.67. The van der Waals surface area contributed by atoms with Gasteiger partial charge in [-0.05, 0) is 59.9 Å². The molecular formula is C26H26BrFN2. The van der Waals surface area contributed by atoms with Gasteiger partial charge in [0.2, 0.25) is 0 Å². The Morgan fingerprint density at radius 1 is 0.933 bits per heavy atom. The fourth-order valence-corrected chi connectivity index (χ4v) is 4.42. The van der Waals surface area contributed by atoms with Crippen molar-refractivity contribution in [3.05, 3.63) is 76.5 Å². The average molecular weight is 465 g/mol. The number of aryl methyl sites for hydroxylation is 2. The average Bonchev–Trinajstić information content (AvgIpc) is 3.07. The van der Waals surface area contributed by atoms with Crippen LogP contribution in [0.5, 0.6) is 0 Å². The molecule has 4 aromatic rings. The summed E-state index contributed by atoms with van der Waals surface area (Å²) < 4.78 is 18.0. The predicted molar refractivity (Wildman–Crippen MR) is 127 cm³/mol. The van der Waals surface area contributed by atoms with E-state index in [4.69, 9.17) is 0 Å². The molecule has 0 unspecified atom stereocenters. The van der Waals surface area contributed by atoms with Crippen molar-refractivity contribution in [1.29, 1.82) is 0 Å². The number of rotatable bonds is 7. The quantitative estimate of drug-likeness (QED) is 0.254. The van der Waals surface area contributed by atoms with Crippen molar-refractivity contribution in [2.45, 2.75) is 39.0 Å². The highest BCUT2D eigenvalue weighted by molar-refractivity contribution is 9.10. The first-order valence-corrected chi connectivity index (χ1v) is 11.4. The molecule has 30 heavy (non-hydrogen) atoms. The molecule has 0 aliphatic carbocycles. The maximum atomic E-state index is 15.3. The maximum absolute atomic E-state index is 15.3. The molecule has 0 saturated carbocycles. The van der Waals surface area contributed by atoms with Gasteiger partial charge in [0.25, 0.3) is 0 Å². The topological polar surface area (TPSA) is 17.8 Å². The molecule has 0 spiro atoms. The number of unbranched alkanes of at least 4 members (excludes halogenated alkanes) is 3. The lowest BCUT2D eigenvalue weighted by Gasteiger charge is -2.11. The minimum atomic E-state index is -0.240. The third kappa shape index (κ3) is 4.20. The van der Waals surface area contributed by atoms with Gasteiger partial charge in [0, 0.05) is 22.5 Å². The van der Waals surface area contributed by atoms with Crippen LogP contribution in [0.25, 0.3) is 33.3 Å². The molecule has 4 heteroatoms. The van der Waals surface area contributed by atoms with Gasteiger partial charge in [-0.2, -0.15) is 5.10 Å². The summed E-state index contributed by atoms with van der Waals surface area (Å²) in [6.45, 7) is 2.22. The molecule has 0 N–H and O–H groups in total. The van der Waals surface area contributed by atoms with E-state index in [-0.39, 0.29) is 5.82 Å². The highest BCUT2D eigenvalue weighted by Crippen LogP contribution is 2.34. The van der Waals surface area contributed by atoms with Crippen LogP contribution < -0.4 is 0 Å². The molecule has 0 aliphatic heterocycles. The van der Waals surface area contributed by atoms with E-state index in [1.54, 1.807) is 10.7 Å². The van der Waals surface area contributed by atoms with Crippen LogP contribution >= 0.6 is 15.9 Å². The third-order valence-corrected chi connectivity index (χ3v) is 6.16. The van der Waals surface area contributed by atoms with Crippen LogP contribution in [-0.2, 0) is 13.5 Å². The van der Waals surface area contributed by atoms with E-state index >= 15 is 4.39 Å². The standard InChI is InChI=1S/C26H26BrFN2/c1-3-4-5-6-9-18-10-7-8-11-21(18)19-12-14-22(24(28)16-19)26-23-15-13-20(27)17-25(23)30(2)29-26/h7-8,10-17H,3-6,9H2,1-2H3. The second-order valence-corrected chi connectivity index (χ2v) is 8.71. The van der Waals surface area contributed by atoms with E-state index in [1.807, 2.05) is 43.4 Å². The molecule has 0 fully saturated rings. The van der Waals surface area contributed by atoms with Gasteiger partial charge in [-0.15, -0.1) is 0 Å². The summed E-state index contributed by atoms with van der Waals surface area (Å²) >= 11 is 3.50. The van der Waals surface area contributed by atoms with Gasteiger partial charge in [-0.25, -0.2) is 4.39 Å². The molecule has 1 aromatic heterocycles. The van der Waals surface area contributed by atoms with Crippen LogP contribution in [0.1, 0.15) is 38.2 Å². The second-order valence-electron chi connectivity index (χ2n) is 7.80. The smallest absolute Gasteiger partial charge is 0.133 e. The largest absolute Gasteiger partial charge is 0.267 e. The summed E-state index contributed by atoms with van der Waals surface area (Å²) in [5.41, 5.74) is 5.51. The summed E-state index contributed by atoms with van der Waals surface area (Å²) in [5.74, 6) is -0.240. The molecule has 0 amide bonds. The van der Waals surface area contributed by atoms with Crippen LogP contribution in [0.4, 0.5) is 4.39 Å². The zero-order chi connectivity index (χ0) is 21.1. The Hall–Kier alpha value is -2.46. The van der Waals surface area contributed by atoms with Crippen molar-refractivity contribution in [3.63, 3.8) is 0 Å². The van der Waals surface area contributed by atoms with Crippen LogP contribution in [0, 0.1) is 5.82 Å². The summed E-state index contributed by atoms with van der Waals surface area (Å²) in [4.78, 5) is 0. The van der Waals surface area contributed by atoms with E-state index < -0.39 is 0 Å². The molecular weight excluding hydrogens is 439 g/mol. The Kier molecular flexibility index (Phi) is 6.33. The van der Waals surface area contributed by atoms with Gasteiger partial charge in [-0.1, -0.05) is 72.4 Å². The summed E-state index contributed by atoms with van der Waals surface area (Å²) in [6, 6.07) is 19.9. The molecule has 1 heterocycles. The molecule has 154 valence electrons. The van der Waals surface area contributed by atoms with Crippen molar-refractivity contribution in [1.82, 2.24) is 9.78 Å². The number of halogens is 2. The first kappa shape index (κ1) is 20.8. The number of benzene rings is 3. The van der Waals surface area contributed by atoms with Crippen LogP contribution in [0.15, 0.2) is 65.1 Å². The zero-order valence-corrected chi connectivity index (χ0v) is 19.0. The van der Waals surface area contributed by atoms with Gasteiger partial charge >= 0.3 is 0 Å². The lowest BCUT2D eigenvalue weighted by molar-refractivity contribution is 0.630. The molecule has 4 rings (SSSR count). The molecule has 0 atom stereocenters. The number of hydrogen-bond donors (Lipinski definition) is 0. The molecule has 0 aliphatic rings. The fourth-order valence-electron chi connectivity index (χ4n) is 4.07. The number of fused-ring (bicyclic) bond motifs is 1. The Morgan fingerprint density at radius 2 is 1.77 bits per heavy atom. The van der Waals surface area contributed by atoms with Gasteiger partial charge in [0.05, 0.1) is 5.52 Å². The minimum Gasteiger partial charge on any atom is -0.267 e. The zero-order valence-electron chi connectivity index (χ0n) is 17.5. The van der Waals surface area contributed by atoms with Crippen LogP contribution in [-0.4, -0.2) is 9.78 Å². The molecule has 2 nitrogen and oxygen atoms in total. The summed E-state index contributed by atoms with van der Waals surface area (Å²) in [7, 11) is 1.89. The van der Waals surface area contributed by atoms with E-state index in [0.29, 0.717) is 11.3 Å². The Morgan fingerprint density at radius 3 is 2.57 bits per heavy atom. The lowest BCUT2D eigenvalue weighted by Crippen LogP contribution is -1.94. The Balaban J connectivity index is 1.69. The SMILES string of the molecule is CCCCCCc1ccccc1-c1ccc(-c2nn(C)c3cc(Br)ccc23)c(F)c1. The highest BCUT2D eigenvalue weighted by Gasteiger charge is 2.16. The number of nitrogens with zero attached hydrogens (tertiary/aromatic N) is 2.